The van der Waals surface area contributed by atoms with Crippen molar-refractivity contribution in [3.8, 4) is 0 Å². The fourth-order valence-corrected chi connectivity index (χ4v) is 2.09. The van der Waals surface area contributed by atoms with Crippen molar-refractivity contribution in [3.05, 3.63) is 59.9 Å². The van der Waals surface area contributed by atoms with Crippen LogP contribution >= 0.6 is 0 Å². The van der Waals surface area contributed by atoms with Crippen molar-refractivity contribution in [1.29, 1.82) is 0 Å². The summed E-state index contributed by atoms with van der Waals surface area (Å²) in [5.41, 5.74) is 1.98. The van der Waals surface area contributed by atoms with Crippen molar-refractivity contribution in [2.45, 2.75) is 25.3 Å². The molecule has 2 N–H and O–H groups in total. The van der Waals surface area contributed by atoms with E-state index in [4.69, 9.17) is 0 Å². The Morgan fingerprint density at radius 2 is 1.86 bits per heavy atom. The van der Waals surface area contributed by atoms with E-state index in [2.05, 4.69) is 15.6 Å². The summed E-state index contributed by atoms with van der Waals surface area (Å²) in [4.78, 5) is 27.7. The summed E-state index contributed by atoms with van der Waals surface area (Å²) in [6.45, 7) is 0. The minimum atomic E-state index is -0.250. The van der Waals surface area contributed by atoms with Crippen LogP contribution in [0, 0.1) is 0 Å². The molecule has 1 aliphatic carbocycles. The largest absolute Gasteiger partial charge is 0.353 e. The number of carbonyl (C=O) groups is 2. The summed E-state index contributed by atoms with van der Waals surface area (Å²) in [7, 11) is 0. The van der Waals surface area contributed by atoms with Gasteiger partial charge >= 0.3 is 0 Å². The first-order valence-electron chi connectivity index (χ1n) is 7.31. The zero-order chi connectivity index (χ0) is 15.4. The van der Waals surface area contributed by atoms with E-state index in [1.54, 1.807) is 36.5 Å². The number of aromatic nitrogens is 1. The SMILES string of the molecule is O=C(Cc1ccc(NC(=O)c2ccccn2)cc1)NC1CC1. The Morgan fingerprint density at radius 3 is 2.50 bits per heavy atom. The third kappa shape index (κ3) is 3.91. The van der Waals surface area contributed by atoms with E-state index >= 15 is 0 Å². The van der Waals surface area contributed by atoms with Gasteiger partial charge in [-0.15, -0.1) is 0 Å². The molecule has 22 heavy (non-hydrogen) atoms. The number of amides is 2. The first-order chi connectivity index (χ1) is 10.7. The Hall–Kier alpha value is -2.69. The zero-order valence-electron chi connectivity index (χ0n) is 12.1. The smallest absolute Gasteiger partial charge is 0.274 e. The Morgan fingerprint density at radius 1 is 1.09 bits per heavy atom. The zero-order valence-corrected chi connectivity index (χ0v) is 12.1. The maximum Gasteiger partial charge on any atom is 0.274 e. The summed E-state index contributed by atoms with van der Waals surface area (Å²) >= 11 is 0. The van der Waals surface area contributed by atoms with Crippen LogP contribution in [0.25, 0.3) is 0 Å². The molecular formula is C17H17N3O2. The molecule has 3 rings (SSSR count). The lowest BCUT2D eigenvalue weighted by molar-refractivity contribution is -0.120. The van der Waals surface area contributed by atoms with E-state index in [1.165, 1.54) is 0 Å². The van der Waals surface area contributed by atoms with Gasteiger partial charge in [-0.3, -0.25) is 14.6 Å². The molecule has 1 aromatic carbocycles. The van der Waals surface area contributed by atoms with Crippen LogP contribution in [0.1, 0.15) is 28.9 Å². The Balaban J connectivity index is 1.56. The van der Waals surface area contributed by atoms with Gasteiger partial charge in [0, 0.05) is 17.9 Å². The fourth-order valence-electron chi connectivity index (χ4n) is 2.09. The number of pyridine rings is 1. The van der Waals surface area contributed by atoms with Gasteiger partial charge in [-0.05, 0) is 42.7 Å². The second kappa shape index (κ2) is 6.39. The normalized spacial score (nSPS) is 13.5. The van der Waals surface area contributed by atoms with Gasteiger partial charge in [0.2, 0.25) is 5.91 Å². The Kier molecular flexibility index (Phi) is 4.14. The summed E-state index contributed by atoms with van der Waals surface area (Å²) in [5.74, 6) is -0.201. The third-order valence-electron chi connectivity index (χ3n) is 3.42. The lowest BCUT2D eigenvalue weighted by Gasteiger charge is -2.07. The van der Waals surface area contributed by atoms with E-state index in [1.807, 2.05) is 12.1 Å². The number of anilines is 1. The van der Waals surface area contributed by atoms with Crippen molar-refractivity contribution >= 4 is 17.5 Å². The molecule has 0 spiro atoms. The summed E-state index contributed by atoms with van der Waals surface area (Å²) in [5, 5.41) is 5.73. The molecule has 0 unspecified atom stereocenters. The highest BCUT2D eigenvalue weighted by molar-refractivity contribution is 6.02. The molecular weight excluding hydrogens is 278 g/mol. The number of benzene rings is 1. The number of nitrogens with zero attached hydrogens (tertiary/aromatic N) is 1. The van der Waals surface area contributed by atoms with E-state index in [-0.39, 0.29) is 11.8 Å². The van der Waals surface area contributed by atoms with E-state index in [0.717, 1.165) is 18.4 Å². The first kappa shape index (κ1) is 14.3. The summed E-state index contributed by atoms with van der Waals surface area (Å²) in [6, 6.07) is 12.8. The molecule has 112 valence electrons. The molecule has 0 saturated heterocycles. The lowest BCUT2D eigenvalue weighted by atomic mass is 10.1. The number of rotatable bonds is 5. The maximum atomic E-state index is 12.0. The van der Waals surface area contributed by atoms with Gasteiger partial charge in [-0.1, -0.05) is 18.2 Å². The number of nitrogens with one attached hydrogen (secondary N) is 2. The number of carbonyl (C=O) groups excluding carboxylic acids is 2. The standard InChI is InChI=1S/C17H17N3O2/c21-16(19-13-8-9-13)11-12-4-6-14(7-5-12)20-17(22)15-3-1-2-10-18-15/h1-7,10,13H,8-9,11H2,(H,19,21)(H,20,22). The summed E-state index contributed by atoms with van der Waals surface area (Å²) < 4.78 is 0. The van der Waals surface area contributed by atoms with Crippen LogP contribution in [-0.4, -0.2) is 22.8 Å². The van der Waals surface area contributed by atoms with E-state index < -0.39 is 0 Å². The average Bonchev–Trinajstić information content (AvgIpc) is 3.34. The van der Waals surface area contributed by atoms with Gasteiger partial charge in [0.25, 0.3) is 5.91 Å². The van der Waals surface area contributed by atoms with Gasteiger partial charge in [-0.25, -0.2) is 0 Å². The first-order valence-corrected chi connectivity index (χ1v) is 7.31. The molecule has 0 bridgehead atoms. The topological polar surface area (TPSA) is 71.1 Å². The second-order valence-electron chi connectivity index (χ2n) is 5.38. The molecule has 1 aromatic heterocycles. The van der Waals surface area contributed by atoms with Crippen molar-refractivity contribution in [2.75, 3.05) is 5.32 Å². The average molecular weight is 295 g/mol. The van der Waals surface area contributed by atoms with Crippen molar-refractivity contribution in [3.63, 3.8) is 0 Å². The van der Waals surface area contributed by atoms with Crippen LogP contribution in [0.2, 0.25) is 0 Å². The predicted molar refractivity (Wildman–Crippen MR) is 83.5 cm³/mol. The third-order valence-corrected chi connectivity index (χ3v) is 3.42. The van der Waals surface area contributed by atoms with Crippen molar-refractivity contribution in [2.24, 2.45) is 0 Å². The van der Waals surface area contributed by atoms with Crippen molar-refractivity contribution in [1.82, 2.24) is 10.3 Å². The van der Waals surface area contributed by atoms with Gasteiger partial charge in [0.15, 0.2) is 0 Å². The van der Waals surface area contributed by atoms with Gasteiger partial charge in [0.1, 0.15) is 5.69 Å². The van der Waals surface area contributed by atoms with Gasteiger partial charge < -0.3 is 10.6 Å². The molecule has 5 nitrogen and oxygen atoms in total. The van der Waals surface area contributed by atoms with Gasteiger partial charge in [0.05, 0.1) is 6.42 Å². The molecule has 1 heterocycles. The minimum absolute atomic E-state index is 0.0489. The van der Waals surface area contributed by atoms with Crippen LogP contribution in [0.4, 0.5) is 5.69 Å². The minimum Gasteiger partial charge on any atom is -0.353 e. The Labute approximate surface area is 128 Å². The highest BCUT2D eigenvalue weighted by Crippen LogP contribution is 2.19. The predicted octanol–water partition coefficient (Wildman–Crippen LogP) is 2.16. The molecule has 2 aromatic rings. The molecule has 1 fully saturated rings. The molecule has 0 radical (unpaired) electrons. The fraction of sp³-hybridized carbons (Fsp3) is 0.235. The summed E-state index contributed by atoms with van der Waals surface area (Å²) in [6.07, 6.45) is 4.12. The van der Waals surface area contributed by atoms with Gasteiger partial charge in [-0.2, -0.15) is 0 Å². The highest BCUT2D eigenvalue weighted by atomic mass is 16.2. The maximum absolute atomic E-state index is 12.0. The monoisotopic (exact) mass is 295 g/mol. The number of hydrogen-bond acceptors (Lipinski definition) is 3. The molecule has 0 aliphatic heterocycles. The van der Waals surface area contributed by atoms with Crippen LogP contribution in [-0.2, 0) is 11.2 Å². The van der Waals surface area contributed by atoms with Crippen molar-refractivity contribution < 1.29 is 9.59 Å². The van der Waals surface area contributed by atoms with E-state index in [9.17, 15) is 9.59 Å². The quantitative estimate of drug-likeness (QED) is 0.888. The molecule has 5 heteroatoms. The molecule has 2 amide bonds. The highest BCUT2D eigenvalue weighted by Gasteiger charge is 2.23. The van der Waals surface area contributed by atoms with Crippen LogP contribution in [0.3, 0.4) is 0 Å². The second-order valence-corrected chi connectivity index (χ2v) is 5.38. The number of hydrogen-bond donors (Lipinski definition) is 2. The van der Waals surface area contributed by atoms with Crippen LogP contribution in [0.15, 0.2) is 48.7 Å². The molecule has 1 aliphatic rings. The lowest BCUT2D eigenvalue weighted by Crippen LogP contribution is -2.26. The Bertz CT molecular complexity index is 664. The van der Waals surface area contributed by atoms with Crippen LogP contribution in [0.5, 0.6) is 0 Å². The molecule has 0 atom stereocenters. The molecule has 1 saturated carbocycles. The van der Waals surface area contributed by atoms with Crippen LogP contribution < -0.4 is 10.6 Å². The van der Waals surface area contributed by atoms with E-state index in [0.29, 0.717) is 23.8 Å².